The van der Waals surface area contributed by atoms with Crippen molar-refractivity contribution < 1.29 is 9.53 Å². The van der Waals surface area contributed by atoms with E-state index in [0.29, 0.717) is 17.8 Å². The van der Waals surface area contributed by atoms with E-state index >= 15 is 0 Å². The third-order valence-corrected chi connectivity index (χ3v) is 4.48. The van der Waals surface area contributed by atoms with Crippen LogP contribution in [0.5, 0.6) is 0 Å². The minimum atomic E-state index is -0.162. The number of anilines is 1. The van der Waals surface area contributed by atoms with Crippen molar-refractivity contribution in [3.05, 3.63) is 11.4 Å². The molecule has 1 aliphatic rings. The van der Waals surface area contributed by atoms with Crippen LogP contribution in [0.2, 0.25) is 0 Å². The molecule has 20 heavy (non-hydrogen) atoms. The van der Waals surface area contributed by atoms with Crippen LogP contribution >= 0.6 is 0 Å². The molecule has 0 saturated heterocycles. The van der Waals surface area contributed by atoms with E-state index in [9.17, 15) is 4.79 Å². The van der Waals surface area contributed by atoms with E-state index in [-0.39, 0.29) is 23.5 Å². The van der Waals surface area contributed by atoms with Crippen molar-refractivity contribution in [1.82, 2.24) is 15.1 Å². The maximum absolute atomic E-state index is 12.4. The molecule has 1 aromatic rings. The number of nitrogens with one attached hydrogen (secondary N) is 1. The molecule has 0 aromatic carbocycles. The molecule has 1 heterocycles. The molecule has 2 unspecified atom stereocenters. The molecule has 6 nitrogen and oxygen atoms in total. The van der Waals surface area contributed by atoms with Gasteiger partial charge in [0, 0.05) is 25.6 Å². The van der Waals surface area contributed by atoms with Gasteiger partial charge in [-0.15, -0.1) is 0 Å². The maximum Gasteiger partial charge on any atom is 0.271 e. The number of nitrogens with zero attached hydrogens (tertiary/aromatic N) is 2. The quantitative estimate of drug-likeness (QED) is 0.865. The highest BCUT2D eigenvalue weighted by Gasteiger charge is 2.49. The molecule has 3 N–H and O–H groups in total. The minimum Gasteiger partial charge on any atom is -0.395 e. The molecule has 0 aliphatic heterocycles. The number of carbonyl (C=O) groups is 1. The highest BCUT2D eigenvalue weighted by atomic mass is 16.5. The van der Waals surface area contributed by atoms with E-state index in [1.54, 1.807) is 18.8 Å². The van der Waals surface area contributed by atoms with Crippen LogP contribution in [-0.4, -0.2) is 34.9 Å². The Morgan fingerprint density at radius 1 is 1.60 bits per heavy atom. The van der Waals surface area contributed by atoms with Crippen LogP contribution in [0.4, 0.5) is 5.69 Å². The van der Waals surface area contributed by atoms with Crippen LogP contribution in [0, 0.1) is 5.41 Å². The van der Waals surface area contributed by atoms with E-state index < -0.39 is 0 Å². The van der Waals surface area contributed by atoms with Gasteiger partial charge in [-0.3, -0.25) is 9.48 Å². The summed E-state index contributed by atoms with van der Waals surface area (Å²) in [5, 5.41) is 7.32. The van der Waals surface area contributed by atoms with Crippen LogP contribution in [0.1, 0.15) is 43.4 Å². The number of ether oxygens (including phenoxy) is 1. The number of nitrogens with two attached hydrogens (primary N) is 1. The topological polar surface area (TPSA) is 82.2 Å². The molecule has 1 saturated carbocycles. The number of aromatic nitrogens is 2. The number of hydrogen-bond acceptors (Lipinski definition) is 4. The first kappa shape index (κ1) is 14.8. The second kappa shape index (κ2) is 5.09. The fraction of sp³-hybridized carbons (Fsp3) is 0.714. The third-order valence-electron chi connectivity index (χ3n) is 4.48. The number of rotatable bonds is 4. The number of hydrogen-bond donors (Lipinski definition) is 2. The Balaban J connectivity index is 2.13. The Kier molecular flexibility index (Phi) is 3.77. The van der Waals surface area contributed by atoms with Crippen molar-refractivity contribution in [3.8, 4) is 0 Å². The molecule has 6 heteroatoms. The Morgan fingerprint density at radius 3 is 2.70 bits per heavy atom. The van der Waals surface area contributed by atoms with Gasteiger partial charge in [0.15, 0.2) is 0 Å². The molecular weight excluding hydrogens is 256 g/mol. The molecule has 2 atom stereocenters. The number of methoxy groups -OCH3 is 1. The van der Waals surface area contributed by atoms with Crippen molar-refractivity contribution in [1.29, 1.82) is 0 Å². The smallest absolute Gasteiger partial charge is 0.271 e. The molecular formula is C14H24N4O2. The van der Waals surface area contributed by atoms with Gasteiger partial charge < -0.3 is 15.8 Å². The number of nitrogen functional groups attached to an aromatic ring is 1. The maximum atomic E-state index is 12.4. The molecule has 0 radical (unpaired) electrons. The van der Waals surface area contributed by atoms with Gasteiger partial charge in [0.2, 0.25) is 0 Å². The lowest BCUT2D eigenvalue weighted by molar-refractivity contribution is -0.0942. The largest absolute Gasteiger partial charge is 0.395 e. The second-order valence-electron chi connectivity index (χ2n) is 5.99. The molecule has 1 fully saturated rings. The Morgan fingerprint density at radius 2 is 2.25 bits per heavy atom. The second-order valence-corrected chi connectivity index (χ2v) is 5.99. The summed E-state index contributed by atoms with van der Waals surface area (Å²) in [5.74, 6) is -0.162. The lowest BCUT2D eigenvalue weighted by Gasteiger charge is -2.51. The average Bonchev–Trinajstić information content (AvgIpc) is 2.68. The lowest BCUT2D eigenvalue weighted by atomic mass is 9.64. The SMILES string of the molecule is CCc1nn(C)c(C(=O)NC2CC(OC)C2(C)C)c1N. The predicted molar refractivity (Wildman–Crippen MR) is 77.4 cm³/mol. The fourth-order valence-corrected chi connectivity index (χ4v) is 2.88. The van der Waals surface area contributed by atoms with Crippen LogP contribution in [0.15, 0.2) is 0 Å². The Hall–Kier alpha value is -1.56. The van der Waals surface area contributed by atoms with Crippen molar-refractivity contribution in [2.75, 3.05) is 12.8 Å². The van der Waals surface area contributed by atoms with Gasteiger partial charge in [-0.05, 0) is 12.8 Å². The summed E-state index contributed by atoms with van der Waals surface area (Å²) < 4.78 is 6.95. The molecule has 1 amide bonds. The first-order valence-electron chi connectivity index (χ1n) is 6.97. The van der Waals surface area contributed by atoms with E-state index in [1.807, 2.05) is 6.92 Å². The molecule has 0 bridgehead atoms. The summed E-state index contributed by atoms with van der Waals surface area (Å²) in [7, 11) is 3.45. The van der Waals surface area contributed by atoms with Gasteiger partial charge in [-0.25, -0.2) is 0 Å². The van der Waals surface area contributed by atoms with Crippen LogP contribution < -0.4 is 11.1 Å². The van der Waals surface area contributed by atoms with E-state index in [0.717, 1.165) is 12.1 Å². The summed E-state index contributed by atoms with van der Waals surface area (Å²) in [6.45, 7) is 6.16. The minimum absolute atomic E-state index is 0.0641. The van der Waals surface area contributed by atoms with Gasteiger partial charge in [-0.1, -0.05) is 20.8 Å². The highest BCUT2D eigenvalue weighted by molar-refractivity contribution is 5.98. The van der Waals surface area contributed by atoms with E-state index in [2.05, 4.69) is 24.3 Å². The van der Waals surface area contributed by atoms with Gasteiger partial charge in [-0.2, -0.15) is 5.10 Å². The van der Waals surface area contributed by atoms with Crippen LogP contribution in [0.3, 0.4) is 0 Å². The Bertz CT molecular complexity index is 521. The zero-order valence-electron chi connectivity index (χ0n) is 12.9. The van der Waals surface area contributed by atoms with Crippen molar-refractivity contribution in [2.24, 2.45) is 12.5 Å². The lowest BCUT2D eigenvalue weighted by Crippen LogP contribution is -2.61. The average molecular weight is 280 g/mol. The van der Waals surface area contributed by atoms with Crippen LogP contribution in [0.25, 0.3) is 0 Å². The molecule has 0 spiro atoms. The third kappa shape index (κ3) is 2.18. The van der Waals surface area contributed by atoms with Gasteiger partial charge >= 0.3 is 0 Å². The summed E-state index contributed by atoms with van der Waals surface area (Å²) in [4.78, 5) is 12.4. The Labute approximate surface area is 119 Å². The standard InChI is InChI=1S/C14H24N4O2/c1-6-8-11(15)12(18(4)17-8)13(19)16-9-7-10(20-5)14(9,2)3/h9-10H,6-7,15H2,1-5H3,(H,16,19). The summed E-state index contributed by atoms with van der Waals surface area (Å²) in [6, 6.07) is 0.0966. The normalized spacial score (nSPS) is 24.2. The van der Waals surface area contributed by atoms with Crippen LogP contribution in [-0.2, 0) is 18.2 Å². The number of amides is 1. The molecule has 2 rings (SSSR count). The first-order valence-corrected chi connectivity index (χ1v) is 6.97. The molecule has 112 valence electrons. The fourth-order valence-electron chi connectivity index (χ4n) is 2.88. The first-order chi connectivity index (χ1) is 9.32. The molecule has 1 aromatic heterocycles. The van der Waals surface area contributed by atoms with Gasteiger partial charge in [0.25, 0.3) is 5.91 Å². The van der Waals surface area contributed by atoms with Crippen molar-refractivity contribution >= 4 is 11.6 Å². The van der Waals surface area contributed by atoms with Gasteiger partial charge in [0.1, 0.15) is 5.69 Å². The van der Waals surface area contributed by atoms with E-state index in [1.165, 1.54) is 0 Å². The number of aryl methyl sites for hydroxylation is 2. The summed E-state index contributed by atoms with van der Waals surface area (Å²) >= 11 is 0. The monoisotopic (exact) mass is 280 g/mol. The van der Waals surface area contributed by atoms with Crippen molar-refractivity contribution in [2.45, 2.75) is 45.8 Å². The van der Waals surface area contributed by atoms with Gasteiger partial charge in [0.05, 0.1) is 17.5 Å². The summed E-state index contributed by atoms with van der Waals surface area (Å²) in [6.07, 6.45) is 1.73. The van der Waals surface area contributed by atoms with Crippen molar-refractivity contribution in [3.63, 3.8) is 0 Å². The number of carbonyl (C=O) groups excluding carboxylic acids is 1. The van der Waals surface area contributed by atoms with E-state index in [4.69, 9.17) is 10.5 Å². The zero-order valence-corrected chi connectivity index (χ0v) is 12.9. The highest BCUT2D eigenvalue weighted by Crippen LogP contribution is 2.42. The zero-order chi connectivity index (χ0) is 15.1. The predicted octanol–water partition coefficient (Wildman–Crippen LogP) is 1.11. The summed E-state index contributed by atoms with van der Waals surface area (Å²) in [5.41, 5.74) is 7.63. The molecule has 1 aliphatic carbocycles.